The van der Waals surface area contributed by atoms with Crippen molar-refractivity contribution in [1.29, 1.82) is 0 Å². The van der Waals surface area contributed by atoms with E-state index in [0.29, 0.717) is 62.4 Å². The van der Waals surface area contributed by atoms with Crippen molar-refractivity contribution < 1.29 is 13.9 Å². The molecule has 2 aromatic carbocycles. The van der Waals surface area contributed by atoms with Crippen LogP contribution < -0.4 is 20.5 Å². The van der Waals surface area contributed by atoms with Crippen LogP contribution in [-0.2, 0) is 17.7 Å². The standard InChI is InChI=1S/C31H29FN4O3/c32-26-5-3-21-13-22-15-23(34-18-24-14-20(7-8-33-24)19-1-2-19)4-6-28(22)39-31(21)30(26)27-16-25(17-29(37)35-27)36-9-11-38-12-10-36/h3-8,14-17,19,34H,1-2,9-13,18H2,(H,35,37). The minimum atomic E-state index is -0.439. The van der Waals surface area contributed by atoms with Crippen molar-refractivity contribution in [2.75, 3.05) is 36.5 Å². The maximum Gasteiger partial charge on any atom is 0.250 e. The molecule has 1 saturated carbocycles. The number of aromatic amines is 1. The molecular formula is C31H29FN4O3. The number of anilines is 2. The van der Waals surface area contributed by atoms with Gasteiger partial charge in [0.2, 0.25) is 5.56 Å². The topological polar surface area (TPSA) is 79.5 Å². The first-order valence-electron chi connectivity index (χ1n) is 13.5. The highest BCUT2D eigenvalue weighted by molar-refractivity contribution is 5.75. The summed E-state index contributed by atoms with van der Waals surface area (Å²) in [6, 6.07) is 16.8. The molecule has 0 atom stereocenters. The van der Waals surface area contributed by atoms with Crippen LogP contribution in [0, 0.1) is 5.82 Å². The van der Waals surface area contributed by atoms with Gasteiger partial charge in [-0.25, -0.2) is 4.39 Å². The maximum atomic E-state index is 15.3. The number of rotatable bonds is 6. The van der Waals surface area contributed by atoms with Crippen molar-refractivity contribution in [1.82, 2.24) is 9.97 Å². The fraction of sp³-hybridized carbons (Fsp3) is 0.290. The van der Waals surface area contributed by atoms with Crippen LogP contribution in [0.5, 0.6) is 11.5 Å². The number of nitrogens with zero attached hydrogens (tertiary/aromatic N) is 2. The van der Waals surface area contributed by atoms with E-state index in [0.717, 1.165) is 28.2 Å². The summed E-state index contributed by atoms with van der Waals surface area (Å²) in [6.45, 7) is 3.19. The van der Waals surface area contributed by atoms with Gasteiger partial charge in [-0.2, -0.15) is 0 Å². The maximum absolute atomic E-state index is 15.3. The van der Waals surface area contributed by atoms with Crippen LogP contribution >= 0.6 is 0 Å². The lowest BCUT2D eigenvalue weighted by Gasteiger charge is -2.29. The number of nitrogens with one attached hydrogen (secondary N) is 2. The third kappa shape index (κ3) is 4.88. The number of fused-ring (bicyclic) bond motifs is 2. The second-order valence-corrected chi connectivity index (χ2v) is 10.4. The number of morpholine rings is 1. The van der Waals surface area contributed by atoms with E-state index in [1.54, 1.807) is 12.1 Å². The Morgan fingerprint density at radius 2 is 1.90 bits per heavy atom. The summed E-state index contributed by atoms with van der Waals surface area (Å²) < 4.78 is 27.0. The zero-order valence-corrected chi connectivity index (χ0v) is 21.5. The van der Waals surface area contributed by atoms with E-state index in [4.69, 9.17) is 9.47 Å². The summed E-state index contributed by atoms with van der Waals surface area (Å²) in [5.41, 5.74) is 6.39. The Hall–Kier alpha value is -4.17. The van der Waals surface area contributed by atoms with E-state index >= 15 is 4.39 Å². The van der Waals surface area contributed by atoms with Gasteiger partial charge in [0.05, 0.1) is 36.7 Å². The Morgan fingerprint density at radius 1 is 1.03 bits per heavy atom. The summed E-state index contributed by atoms with van der Waals surface area (Å²) in [5, 5.41) is 3.48. The van der Waals surface area contributed by atoms with Crippen LogP contribution in [0.1, 0.15) is 41.1 Å². The third-order valence-corrected chi connectivity index (χ3v) is 7.68. The number of H-pyrrole nitrogens is 1. The van der Waals surface area contributed by atoms with Crippen LogP contribution in [0.4, 0.5) is 15.8 Å². The predicted octanol–water partition coefficient (Wildman–Crippen LogP) is 5.60. The van der Waals surface area contributed by atoms with Crippen molar-refractivity contribution in [2.45, 2.75) is 31.7 Å². The van der Waals surface area contributed by atoms with Crippen molar-refractivity contribution in [3.63, 3.8) is 0 Å². The van der Waals surface area contributed by atoms with Gasteiger partial charge in [0, 0.05) is 54.3 Å². The highest BCUT2D eigenvalue weighted by Crippen LogP contribution is 2.44. The molecule has 198 valence electrons. The predicted molar refractivity (Wildman–Crippen MR) is 148 cm³/mol. The fourth-order valence-electron chi connectivity index (χ4n) is 5.48. The molecule has 1 saturated heterocycles. The first-order valence-corrected chi connectivity index (χ1v) is 13.5. The van der Waals surface area contributed by atoms with Gasteiger partial charge in [-0.3, -0.25) is 9.78 Å². The summed E-state index contributed by atoms with van der Waals surface area (Å²) in [6.07, 6.45) is 5.02. The molecule has 2 fully saturated rings. The molecule has 3 aliphatic rings. The van der Waals surface area contributed by atoms with Crippen molar-refractivity contribution >= 4 is 11.4 Å². The van der Waals surface area contributed by atoms with E-state index in [1.165, 1.54) is 24.5 Å². The quantitative estimate of drug-likeness (QED) is 0.301. The highest BCUT2D eigenvalue weighted by Gasteiger charge is 2.26. The van der Waals surface area contributed by atoms with Gasteiger partial charge < -0.3 is 24.7 Å². The Morgan fingerprint density at radius 3 is 2.74 bits per heavy atom. The number of benzene rings is 2. The summed E-state index contributed by atoms with van der Waals surface area (Å²) >= 11 is 0. The Labute approximate surface area is 225 Å². The molecular weight excluding hydrogens is 495 g/mol. The lowest BCUT2D eigenvalue weighted by molar-refractivity contribution is 0.122. The van der Waals surface area contributed by atoms with E-state index in [2.05, 4.69) is 38.4 Å². The Balaban J connectivity index is 1.15. The van der Waals surface area contributed by atoms with E-state index in [9.17, 15) is 4.79 Å². The van der Waals surface area contributed by atoms with Crippen LogP contribution in [0.3, 0.4) is 0 Å². The van der Waals surface area contributed by atoms with Gasteiger partial charge in [0.25, 0.3) is 0 Å². The number of aromatic nitrogens is 2. The number of pyridine rings is 2. The number of halogens is 1. The lowest BCUT2D eigenvalue weighted by atomic mass is 9.95. The molecule has 2 N–H and O–H groups in total. The Bertz CT molecular complexity index is 1610. The normalized spacial score (nSPS) is 16.3. The monoisotopic (exact) mass is 524 g/mol. The molecule has 7 nitrogen and oxygen atoms in total. The van der Waals surface area contributed by atoms with Gasteiger partial charge in [0.1, 0.15) is 17.3 Å². The molecule has 0 amide bonds. The van der Waals surface area contributed by atoms with Crippen molar-refractivity contribution in [2.24, 2.45) is 0 Å². The van der Waals surface area contributed by atoms with Crippen molar-refractivity contribution in [3.05, 3.63) is 99.3 Å². The average Bonchev–Trinajstić information content (AvgIpc) is 3.81. The third-order valence-electron chi connectivity index (χ3n) is 7.68. The van der Waals surface area contributed by atoms with Crippen LogP contribution in [-0.4, -0.2) is 36.3 Å². The minimum Gasteiger partial charge on any atom is -0.456 e. The molecule has 7 rings (SSSR count). The van der Waals surface area contributed by atoms with Crippen LogP contribution in [0.2, 0.25) is 0 Å². The minimum absolute atomic E-state index is 0.272. The Kier molecular flexibility index (Phi) is 6.04. The summed E-state index contributed by atoms with van der Waals surface area (Å²) in [4.78, 5) is 22.0. The smallest absolute Gasteiger partial charge is 0.250 e. The van der Waals surface area contributed by atoms with Crippen molar-refractivity contribution in [3.8, 4) is 22.8 Å². The first kappa shape index (κ1) is 23.9. The summed E-state index contributed by atoms with van der Waals surface area (Å²) in [5.74, 6) is 1.38. The van der Waals surface area contributed by atoms with E-state index in [1.807, 2.05) is 24.4 Å². The molecule has 0 radical (unpaired) electrons. The highest BCUT2D eigenvalue weighted by atomic mass is 19.1. The van der Waals surface area contributed by atoms with Gasteiger partial charge in [-0.15, -0.1) is 0 Å². The molecule has 4 aromatic rings. The fourth-order valence-corrected chi connectivity index (χ4v) is 5.48. The molecule has 2 aromatic heterocycles. The van der Waals surface area contributed by atoms with Gasteiger partial charge >= 0.3 is 0 Å². The number of ether oxygens (including phenoxy) is 2. The second kappa shape index (κ2) is 9.85. The van der Waals surface area contributed by atoms with Gasteiger partial charge in [-0.05, 0) is 66.8 Å². The van der Waals surface area contributed by atoms with Gasteiger partial charge in [-0.1, -0.05) is 6.07 Å². The van der Waals surface area contributed by atoms with Crippen LogP contribution in [0.25, 0.3) is 11.3 Å². The van der Waals surface area contributed by atoms with E-state index in [-0.39, 0.29) is 11.1 Å². The zero-order chi connectivity index (χ0) is 26.3. The summed E-state index contributed by atoms with van der Waals surface area (Å²) in [7, 11) is 0. The number of hydrogen-bond donors (Lipinski definition) is 2. The number of hydrogen-bond acceptors (Lipinski definition) is 6. The molecule has 0 unspecified atom stereocenters. The molecule has 0 spiro atoms. The molecule has 8 heteroatoms. The molecule has 1 aliphatic carbocycles. The molecule has 39 heavy (non-hydrogen) atoms. The average molecular weight is 525 g/mol. The SMILES string of the molecule is O=c1cc(N2CCOCC2)cc(-c2c(F)ccc3c2Oc2ccc(NCc4cc(C5CC5)ccn4)cc2C3)[nH]1. The zero-order valence-electron chi connectivity index (χ0n) is 21.5. The molecule has 0 bridgehead atoms. The van der Waals surface area contributed by atoms with Crippen LogP contribution in [0.15, 0.2) is 65.6 Å². The second-order valence-electron chi connectivity index (χ2n) is 10.4. The lowest BCUT2D eigenvalue weighted by Crippen LogP contribution is -2.36. The molecule has 2 aliphatic heterocycles. The largest absolute Gasteiger partial charge is 0.456 e. The first-order chi connectivity index (χ1) is 19.1. The van der Waals surface area contributed by atoms with Gasteiger partial charge in [0.15, 0.2) is 0 Å². The van der Waals surface area contributed by atoms with E-state index < -0.39 is 5.82 Å². The molecule has 4 heterocycles.